The number of hydrogen-bond acceptors (Lipinski definition) is 4. The number of halogens is 2. The lowest BCUT2D eigenvalue weighted by atomic mass is 10.1. The zero-order valence-electron chi connectivity index (χ0n) is 12.4. The van der Waals surface area contributed by atoms with Gasteiger partial charge < -0.3 is 9.64 Å². The van der Waals surface area contributed by atoms with E-state index in [1.165, 1.54) is 0 Å². The topological polar surface area (TPSA) is 53.9 Å². The van der Waals surface area contributed by atoms with Crippen LogP contribution in [0.1, 0.15) is 26.2 Å². The molecule has 1 saturated heterocycles. The van der Waals surface area contributed by atoms with Gasteiger partial charge in [-0.05, 0) is 38.0 Å². The molecular formula is C15H19Cl2N3O2. The summed E-state index contributed by atoms with van der Waals surface area (Å²) >= 11 is 12.0. The molecular weight excluding hydrogens is 325 g/mol. The van der Waals surface area contributed by atoms with Crippen LogP contribution in [0.25, 0.3) is 0 Å². The second-order valence-corrected chi connectivity index (χ2v) is 5.79. The van der Waals surface area contributed by atoms with Crippen LogP contribution >= 0.6 is 23.2 Å². The van der Waals surface area contributed by atoms with E-state index in [9.17, 15) is 4.79 Å². The number of piperidine rings is 1. The molecule has 120 valence electrons. The molecule has 1 heterocycles. The van der Waals surface area contributed by atoms with Crippen molar-refractivity contribution in [2.45, 2.75) is 26.2 Å². The molecule has 0 aliphatic carbocycles. The lowest BCUT2D eigenvalue weighted by molar-refractivity contribution is -0.143. The third-order valence-electron chi connectivity index (χ3n) is 3.31. The van der Waals surface area contributed by atoms with Crippen LogP contribution < -0.4 is 5.43 Å². The molecule has 22 heavy (non-hydrogen) atoms. The van der Waals surface area contributed by atoms with Crippen molar-refractivity contribution in [3.8, 4) is 0 Å². The third kappa shape index (κ3) is 4.78. The maximum atomic E-state index is 11.6. The standard InChI is InChI=1S/C15H19Cl2N3O2/c1-2-22-15(21)10-20-8-4-3-5-14(20)19-18-13-7-6-11(16)9-12(13)17/h6-7,9,18H,2-5,8,10H2,1H3. The van der Waals surface area contributed by atoms with E-state index in [-0.39, 0.29) is 12.5 Å². The van der Waals surface area contributed by atoms with Crippen LogP contribution in [-0.2, 0) is 9.53 Å². The number of amidine groups is 1. The highest BCUT2D eigenvalue weighted by atomic mass is 35.5. The van der Waals surface area contributed by atoms with Crippen molar-refractivity contribution in [2.75, 3.05) is 25.1 Å². The number of hydrazone groups is 1. The van der Waals surface area contributed by atoms with Gasteiger partial charge in [0.1, 0.15) is 12.4 Å². The third-order valence-corrected chi connectivity index (χ3v) is 3.85. The van der Waals surface area contributed by atoms with E-state index in [0.29, 0.717) is 22.3 Å². The Bertz CT molecular complexity index is 564. The van der Waals surface area contributed by atoms with Gasteiger partial charge >= 0.3 is 5.97 Å². The molecule has 0 aromatic heterocycles. The molecule has 0 spiro atoms. The summed E-state index contributed by atoms with van der Waals surface area (Å²) in [5, 5.41) is 5.47. The monoisotopic (exact) mass is 343 g/mol. The molecule has 0 atom stereocenters. The summed E-state index contributed by atoms with van der Waals surface area (Å²) in [6, 6.07) is 5.17. The highest BCUT2D eigenvalue weighted by molar-refractivity contribution is 6.36. The Morgan fingerprint density at radius 2 is 2.23 bits per heavy atom. The summed E-state index contributed by atoms with van der Waals surface area (Å²) in [5.41, 5.74) is 3.63. The maximum absolute atomic E-state index is 11.6. The summed E-state index contributed by atoms with van der Waals surface area (Å²) in [4.78, 5) is 13.6. The SMILES string of the molecule is CCOC(=O)CN1CCCCC1=NNc1ccc(Cl)cc1Cl. The van der Waals surface area contributed by atoms with Crippen molar-refractivity contribution >= 4 is 40.7 Å². The molecule has 0 radical (unpaired) electrons. The van der Waals surface area contributed by atoms with Gasteiger partial charge in [0.15, 0.2) is 0 Å². The molecule has 1 aliphatic rings. The van der Waals surface area contributed by atoms with E-state index in [1.54, 1.807) is 25.1 Å². The van der Waals surface area contributed by atoms with Crippen LogP contribution in [-0.4, -0.2) is 36.4 Å². The number of esters is 1. The Morgan fingerprint density at radius 3 is 2.95 bits per heavy atom. The van der Waals surface area contributed by atoms with Crippen molar-refractivity contribution in [1.82, 2.24) is 4.90 Å². The zero-order valence-corrected chi connectivity index (χ0v) is 14.0. The molecule has 1 aliphatic heterocycles. The number of carbonyl (C=O) groups is 1. The number of ether oxygens (including phenoxy) is 1. The van der Waals surface area contributed by atoms with Gasteiger partial charge in [0.05, 0.1) is 17.3 Å². The summed E-state index contributed by atoms with van der Waals surface area (Å²) in [7, 11) is 0. The first-order valence-electron chi connectivity index (χ1n) is 7.28. The zero-order chi connectivity index (χ0) is 15.9. The number of rotatable bonds is 5. The van der Waals surface area contributed by atoms with Gasteiger partial charge in [-0.3, -0.25) is 10.2 Å². The van der Waals surface area contributed by atoms with Crippen LogP contribution in [0.5, 0.6) is 0 Å². The predicted molar refractivity (Wildman–Crippen MR) is 89.6 cm³/mol. The van der Waals surface area contributed by atoms with E-state index >= 15 is 0 Å². The van der Waals surface area contributed by atoms with Gasteiger partial charge in [-0.2, -0.15) is 5.10 Å². The molecule has 1 aromatic carbocycles. The van der Waals surface area contributed by atoms with Gasteiger partial charge in [-0.25, -0.2) is 0 Å². The molecule has 0 unspecified atom stereocenters. The molecule has 0 saturated carbocycles. The number of nitrogens with zero attached hydrogens (tertiary/aromatic N) is 2. The smallest absolute Gasteiger partial charge is 0.325 e. The van der Waals surface area contributed by atoms with Gasteiger partial charge in [0.2, 0.25) is 0 Å². The number of carbonyl (C=O) groups excluding carboxylic acids is 1. The Balaban J connectivity index is 2.04. The second kappa shape index (κ2) is 8.25. The normalized spacial score (nSPS) is 16.7. The molecule has 5 nitrogen and oxygen atoms in total. The molecule has 1 fully saturated rings. The number of benzene rings is 1. The summed E-state index contributed by atoms with van der Waals surface area (Å²) < 4.78 is 5.00. The average Bonchev–Trinajstić information content (AvgIpc) is 2.48. The van der Waals surface area contributed by atoms with E-state index in [0.717, 1.165) is 31.6 Å². The quantitative estimate of drug-likeness (QED) is 0.653. The van der Waals surface area contributed by atoms with E-state index in [1.807, 2.05) is 4.90 Å². The fraction of sp³-hybridized carbons (Fsp3) is 0.467. The first kappa shape index (κ1) is 16.9. The van der Waals surface area contributed by atoms with Crippen LogP contribution in [0.2, 0.25) is 10.0 Å². The fourth-order valence-corrected chi connectivity index (χ4v) is 2.69. The molecule has 1 N–H and O–H groups in total. The van der Waals surface area contributed by atoms with Gasteiger partial charge in [-0.1, -0.05) is 23.2 Å². The predicted octanol–water partition coefficient (Wildman–Crippen LogP) is 3.77. The lowest BCUT2D eigenvalue weighted by Crippen LogP contribution is -2.40. The van der Waals surface area contributed by atoms with Crippen LogP contribution in [0.15, 0.2) is 23.3 Å². The van der Waals surface area contributed by atoms with Crippen molar-refractivity contribution in [3.05, 3.63) is 28.2 Å². The molecule has 2 rings (SSSR count). The lowest BCUT2D eigenvalue weighted by Gasteiger charge is -2.29. The van der Waals surface area contributed by atoms with Crippen molar-refractivity contribution in [3.63, 3.8) is 0 Å². The highest BCUT2D eigenvalue weighted by Crippen LogP contribution is 2.25. The minimum atomic E-state index is -0.235. The highest BCUT2D eigenvalue weighted by Gasteiger charge is 2.20. The van der Waals surface area contributed by atoms with Crippen molar-refractivity contribution in [2.24, 2.45) is 5.10 Å². The van der Waals surface area contributed by atoms with Gasteiger partial charge in [0.25, 0.3) is 0 Å². The van der Waals surface area contributed by atoms with Crippen LogP contribution in [0.4, 0.5) is 5.69 Å². The molecule has 7 heteroatoms. The summed E-state index contributed by atoms with van der Waals surface area (Å²) in [6.07, 6.45) is 2.91. The first-order valence-corrected chi connectivity index (χ1v) is 8.04. The van der Waals surface area contributed by atoms with Crippen LogP contribution in [0.3, 0.4) is 0 Å². The maximum Gasteiger partial charge on any atom is 0.325 e. The Morgan fingerprint density at radius 1 is 1.41 bits per heavy atom. The number of anilines is 1. The summed E-state index contributed by atoms with van der Waals surface area (Å²) in [6.45, 7) is 3.21. The minimum absolute atomic E-state index is 0.225. The number of likely N-dealkylation sites (tertiary alicyclic amines) is 1. The van der Waals surface area contributed by atoms with Crippen molar-refractivity contribution < 1.29 is 9.53 Å². The molecule has 0 amide bonds. The first-order chi connectivity index (χ1) is 10.6. The fourth-order valence-electron chi connectivity index (χ4n) is 2.24. The number of nitrogens with one attached hydrogen (secondary N) is 1. The molecule has 1 aromatic rings. The largest absolute Gasteiger partial charge is 0.465 e. The van der Waals surface area contributed by atoms with E-state index in [2.05, 4.69) is 10.5 Å². The Kier molecular flexibility index (Phi) is 6.34. The average molecular weight is 344 g/mol. The van der Waals surface area contributed by atoms with Crippen molar-refractivity contribution in [1.29, 1.82) is 0 Å². The van der Waals surface area contributed by atoms with Gasteiger partial charge in [0, 0.05) is 18.0 Å². The van der Waals surface area contributed by atoms with Crippen LogP contribution in [0, 0.1) is 0 Å². The van der Waals surface area contributed by atoms with E-state index < -0.39 is 0 Å². The summed E-state index contributed by atoms with van der Waals surface area (Å²) in [5.74, 6) is 0.604. The Hall–Kier alpha value is -1.46. The van der Waals surface area contributed by atoms with Gasteiger partial charge in [-0.15, -0.1) is 0 Å². The second-order valence-electron chi connectivity index (χ2n) is 4.95. The number of hydrogen-bond donors (Lipinski definition) is 1. The van der Waals surface area contributed by atoms with E-state index in [4.69, 9.17) is 27.9 Å². The minimum Gasteiger partial charge on any atom is -0.465 e. The Labute approximate surface area is 140 Å². The molecule has 0 bridgehead atoms.